The van der Waals surface area contributed by atoms with Gasteiger partial charge in [0.15, 0.2) is 0 Å². The molecule has 2 rings (SSSR count). The van der Waals surface area contributed by atoms with Gasteiger partial charge in [-0.2, -0.15) is 0 Å². The van der Waals surface area contributed by atoms with Crippen LogP contribution >= 0.6 is 0 Å². The van der Waals surface area contributed by atoms with Crippen molar-refractivity contribution in [1.29, 1.82) is 0 Å². The van der Waals surface area contributed by atoms with Gasteiger partial charge in [-0.3, -0.25) is 0 Å². The molecule has 0 aliphatic rings. The normalized spacial score (nSPS) is 11.5. The number of rotatable bonds is 4. The van der Waals surface area contributed by atoms with Gasteiger partial charge in [0.1, 0.15) is 0 Å². The molecule has 1 aromatic heterocycles. The zero-order chi connectivity index (χ0) is 11.5. The van der Waals surface area contributed by atoms with Crippen molar-refractivity contribution in [3.05, 3.63) is 35.5 Å². The fraction of sp³-hybridized carbons (Fsp3) is 0.385. The molecule has 0 fully saturated rings. The molecule has 3 N–H and O–H groups in total. The number of nitrogens with two attached hydrogens (primary N) is 1. The highest BCUT2D eigenvalue weighted by Gasteiger charge is 2.02. The first-order valence-electron chi connectivity index (χ1n) is 5.61. The van der Waals surface area contributed by atoms with Crippen molar-refractivity contribution in [3.8, 4) is 0 Å². The molecular formula is C13H18N2O. The number of fused-ring (bicyclic) bond motifs is 1. The van der Waals surface area contributed by atoms with Crippen LogP contribution in [0.1, 0.15) is 25.1 Å². The summed E-state index contributed by atoms with van der Waals surface area (Å²) in [4.78, 5) is 3.34. The van der Waals surface area contributed by atoms with Crippen LogP contribution in [0.25, 0.3) is 10.9 Å². The molecule has 0 unspecified atom stereocenters. The molecule has 86 valence electrons. The van der Waals surface area contributed by atoms with Crippen LogP contribution in [0.3, 0.4) is 0 Å². The number of H-pyrrole nitrogens is 1. The van der Waals surface area contributed by atoms with Crippen LogP contribution in [0.15, 0.2) is 24.3 Å². The zero-order valence-electron chi connectivity index (χ0n) is 9.79. The van der Waals surface area contributed by atoms with Crippen molar-refractivity contribution in [2.75, 3.05) is 0 Å². The van der Waals surface area contributed by atoms with E-state index >= 15 is 0 Å². The van der Waals surface area contributed by atoms with Crippen molar-refractivity contribution >= 4 is 10.9 Å². The first-order valence-corrected chi connectivity index (χ1v) is 5.61. The van der Waals surface area contributed by atoms with E-state index < -0.39 is 0 Å². The summed E-state index contributed by atoms with van der Waals surface area (Å²) in [7, 11) is 0. The van der Waals surface area contributed by atoms with Gasteiger partial charge in [0, 0.05) is 23.1 Å². The van der Waals surface area contributed by atoms with E-state index in [4.69, 9.17) is 10.5 Å². The second-order valence-corrected chi connectivity index (χ2v) is 4.28. The second-order valence-electron chi connectivity index (χ2n) is 4.28. The Bertz CT molecular complexity index is 474. The Morgan fingerprint density at radius 3 is 2.81 bits per heavy atom. The fourth-order valence-corrected chi connectivity index (χ4v) is 1.70. The first kappa shape index (κ1) is 11.2. The maximum absolute atomic E-state index is 5.61. The Kier molecular flexibility index (Phi) is 3.27. The molecule has 0 atom stereocenters. The highest BCUT2D eigenvalue weighted by molar-refractivity contribution is 5.81. The summed E-state index contributed by atoms with van der Waals surface area (Å²) in [5.74, 6) is 0. The number of benzene rings is 1. The van der Waals surface area contributed by atoms with E-state index in [1.165, 1.54) is 5.39 Å². The number of aromatic amines is 1. The molecule has 0 amide bonds. The fourth-order valence-electron chi connectivity index (χ4n) is 1.70. The largest absolute Gasteiger partial charge is 0.373 e. The highest BCUT2D eigenvalue weighted by Crippen LogP contribution is 2.17. The highest BCUT2D eigenvalue weighted by atomic mass is 16.5. The van der Waals surface area contributed by atoms with Gasteiger partial charge in [-0.25, -0.2) is 0 Å². The molecule has 0 saturated carbocycles. The van der Waals surface area contributed by atoms with Gasteiger partial charge < -0.3 is 15.5 Å². The number of nitrogens with one attached hydrogen (secondary N) is 1. The number of hydrogen-bond acceptors (Lipinski definition) is 2. The molecule has 3 nitrogen and oxygen atoms in total. The molecule has 0 saturated heterocycles. The van der Waals surface area contributed by atoms with E-state index in [0.717, 1.165) is 16.8 Å². The molecule has 16 heavy (non-hydrogen) atoms. The molecular weight excluding hydrogens is 200 g/mol. The zero-order valence-corrected chi connectivity index (χ0v) is 9.79. The van der Waals surface area contributed by atoms with Crippen LogP contribution in [-0.2, 0) is 17.9 Å². The lowest BCUT2D eigenvalue weighted by Crippen LogP contribution is -2.02. The summed E-state index contributed by atoms with van der Waals surface area (Å²) in [6.45, 7) is 5.29. The Morgan fingerprint density at radius 1 is 1.31 bits per heavy atom. The van der Waals surface area contributed by atoms with Gasteiger partial charge in [0.25, 0.3) is 0 Å². The van der Waals surface area contributed by atoms with Crippen molar-refractivity contribution in [1.82, 2.24) is 4.98 Å². The maximum Gasteiger partial charge on any atom is 0.0869 e. The molecule has 0 bridgehead atoms. The van der Waals surface area contributed by atoms with E-state index in [1.807, 2.05) is 19.9 Å². The Balaban J connectivity index is 2.22. The van der Waals surface area contributed by atoms with Crippen LogP contribution in [0.2, 0.25) is 0 Å². The molecule has 0 spiro atoms. The topological polar surface area (TPSA) is 51.0 Å². The van der Waals surface area contributed by atoms with E-state index in [-0.39, 0.29) is 6.10 Å². The SMILES string of the molecule is CC(C)OCc1cc2cc(CN)ccc2[nH]1. The molecule has 1 heterocycles. The molecule has 0 aliphatic heterocycles. The summed E-state index contributed by atoms with van der Waals surface area (Å²) in [6.07, 6.45) is 0.256. The van der Waals surface area contributed by atoms with E-state index in [1.54, 1.807) is 0 Å². The molecule has 2 aromatic rings. The summed E-state index contributed by atoms with van der Waals surface area (Å²) in [6, 6.07) is 8.35. The van der Waals surface area contributed by atoms with Crippen LogP contribution in [0.5, 0.6) is 0 Å². The van der Waals surface area contributed by atoms with Gasteiger partial charge in [-0.1, -0.05) is 6.07 Å². The lowest BCUT2D eigenvalue weighted by Gasteiger charge is -2.04. The van der Waals surface area contributed by atoms with E-state index in [0.29, 0.717) is 13.2 Å². The van der Waals surface area contributed by atoms with Gasteiger partial charge in [-0.05, 0) is 37.6 Å². The standard InChI is InChI=1S/C13H18N2O/c1-9(2)16-8-12-6-11-5-10(7-14)3-4-13(11)15-12/h3-6,9,15H,7-8,14H2,1-2H3. The van der Waals surface area contributed by atoms with Gasteiger partial charge in [0.05, 0.1) is 12.7 Å². The molecule has 3 heteroatoms. The van der Waals surface area contributed by atoms with Gasteiger partial charge in [-0.15, -0.1) is 0 Å². The van der Waals surface area contributed by atoms with E-state index in [9.17, 15) is 0 Å². The van der Waals surface area contributed by atoms with Gasteiger partial charge in [0.2, 0.25) is 0 Å². The van der Waals surface area contributed by atoms with Crippen LogP contribution in [0, 0.1) is 0 Å². The Hall–Kier alpha value is -1.32. The number of ether oxygens (including phenoxy) is 1. The predicted octanol–water partition coefficient (Wildman–Crippen LogP) is 2.55. The molecule has 0 aliphatic carbocycles. The minimum atomic E-state index is 0.256. The maximum atomic E-state index is 5.61. The summed E-state index contributed by atoms with van der Waals surface area (Å²) in [5, 5.41) is 1.20. The third kappa shape index (κ3) is 2.43. The molecule has 0 radical (unpaired) electrons. The lowest BCUT2D eigenvalue weighted by molar-refractivity contribution is 0.0639. The van der Waals surface area contributed by atoms with Gasteiger partial charge >= 0.3 is 0 Å². The van der Waals surface area contributed by atoms with Crippen molar-refractivity contribution in [2.24, 2.45) is 5.73 Å². The Labute approximate surface area is 95.6 Å². The number of aromatic nitrogens is 1. The number of hydrogen-bond donors (Lipinski definition) is 2. The van der Waals surface area contributed by atoms with Crippen LogP contribution in [0.4, 0.5) is 0 Å². The smallest absolute Gasteiger partial charge is 0.0869 e. The third-order valence-electron chi connectivity index (χ3n) is 2.55. The van der Waals surface area contributed by atoms with Crippen molar-refractivity contribution in [2.45, 2.75) is 33.1 Å². The third-order valence-corrected chi connectivity index (χ3v) is 2.55. The van der Waals surface area contributed by atoms with E-state index in [2.05, 4.69) is 23.2 Å². The van der Waals surface area contributed by atoms with Crippen LogP contribution < -0.4 is 5.73 Å². The average Bonchev–Trinajstić information content (AvgIpc) is 2.67. The minimum Gasteiger partial charge on any atom is -0.373 e. The first-order chi connectivity index (χ1) is 7.69. The lowest BCUT2D eigenvalue weighted by atomic mass is 10.1. The van der Waals surface area contributed by atoms with Crippen molar-refractivity contribution in [3.63, 3.8) is 0 Å². The second kappa shape index (κ2) is 4.68. The van der Waals surface area contributed by atoms with Crippen LogP contribution in [-0.4, -0.2) is 11.1 Å². The quantitative estimate of drug-likeness (QED) is 0.828. The molecule has 1 aromatic carbocycles. The Morgan fingerprint density at radius 2 is 2.12 bits per heavy atom. The summed E-state index contributed by atoms with van der Waals surface area (Å²) >= 11 is 0. The summed E-state index contributed by atoms with van der Waals surface area (Å²) in [5.41, 5.74) is 9.01. The van der Waals surface area contributed by atoms with Crippen molar-refractivity contribution < 1.29 is 4.74 Å². The summed E-state index contributed by atoms with van der Waals surface area (Å²) < 4.78 is 5.56. The average molecular weight is 218 g/mol. The minimum absolute atomic E-state index is 0.256. The predicted molar refractivity (Wildman–Crippen MR) is 66.1 cm³/mol. The monoisotopic (exact) mass is 218 g/mol.